The Bertz CT molecular complexity index is 479. The molecule has 0 fully saturated rings. The van der Waals surface area contributed by atoms with Crippen LogP contribution in [-0.4, -0.2) is 25.9 Å². The van der Waals surface area contributed by atoms with Gasteiger partial charge in [-0.2, -0.15) is 0 Å². The molecule has 0 amide bonds. The van der Waals surface area contributed by atoms with Crippen molar-refractivity contribution in [3.05, 3.63) is 29.8 Å². The highest BCUT2D eigenvalue weighted by Crippen LogP contribution is 2.37. The summed E-state index contributed by atoms with van der Waals surface area (Å²) in [5.41, 5.74) is 1.41. The lowest BCUT2D eigenvalue weighted by Gasteiger charge is -2.30. The first kappa shape index (κ1) is 24.7. The van der Waals surface area contributed by atoms with Gasteiger partial charge in [0.2, 0.25) is 0 Å². The molecule has 0 saturated carbocycles. The zero-order chi connectivity index (χ0) is 20.4. The van der Waals surface area contributed by atoms with E-state index in [1.165, 1.54) is 5.56 Å². The van der Waals surface area contributed by atoms with Crippen LogP contribution < -0.4 is 4.74 Å². The largest absolute Gasteiger partial charge is 0.522 e. The number of halogens is 3. The van der Waals surface area contributed by atoms with E-state index in [1.807, 2.05) is 38.1 Å². The van der Waals surface area contributed by atoms with Crippen LogP contribution in [-0.2, 0) is 9.47 Å². The molecule has 1 aromatic rings. The average Bonchev–Trinajstić information content (AvgIpc) is 2.54. The molecule has 0 aromatic heterocycles. The van der Waals surface area contributed by atoms with Gasteiger partial charge in [-0.1, -0.05) is 53.7 Å². The fraction of sp³-hybridized carbons (Fsp3) is 0.700. The summed E-state index contributed by atoms with van der Waals surface area (Å²) < 4.78 is 49.8. The van der Waals surface area contributed by atoms with E-state index in [1.54, 1.807) is 6.92 Å². The van der Waals surface area contributed by atoms with Gasteiger partial charge in [0, 0.05) is 0 Å². The topological polar surface area (TPSA) is 27.7 Å². The molecule has 0 aliphatic heterocycles. The van der Waals surface area contributed by atoms with Crippen molar-refractivity contribution >= 4 is 0 Å². The second kappa shape index (κ2) is 11.4. The maximum Gasteiger partial charge on any atom is 0.522 e. The van der Waals surface area contributed by atoms with Crippen LogP contribution in [0.5, 0.6) is 5.75 Å². The number of hydrogen-bond donors (Lipinski definition) is 0. The van der Waals surface area contributed by atoms with Crippen molar-refractivity contribution in [1.82, 2.24) is 0 Å². The molecular weight excluding hydrogens is 345 g/mol. The van der Waals surface area contributed by atoms with E-state index in [4.69, 9.17) is 9.47 Å². The van der Waals surface area contributed by atoms with Crippen LogP contribution in [0.1, 0.15) is 66.4 Å². The summed E-state index contributed by atoms with van der Waals surface area (Å²) in [6, 6.07) is 7.76. The predicted octanol–water partition coefficient (Wildman–Crippen LogP) is 6.53. The van der Waals surface area contributed by atoms with Crippen molar-refractivity contribution in [2.45, 2.75) is 73.5 Å². The van der Waals surface area contributed by atoms with Crippen molar-refractivity contribution in [3.8, 4) is 5.75 Å². The van der Waals surface area contributed by atoms with Crippen molar-refractivity contribution < 1.29 is 27.4 Å². The number of ether oxygens (including phenoxy) is 3. The van der Waals surface area contributed by atoms with Gasteiger partial charge in [0.1, 0.15) is 5.75 Å². The first-order valence-electron chi connectivity index (χ1n) is 9.12. The highest BCUT2D eigenvalue weighted by Gasteiger charge is 2.28. The van der Waals surface area contributed by atoms with E-state index in [0.29, 0.717) is 11.7 Å². The van der Waals surface area contributed by atoms with E-state index >= 15 is 0 Å². The molecule has 0 saturated heterocycles. The van der Waals surface area contributed by atoms with E-state index in [9.17, 15) is 13.2 Å². The Labute approximate surface area is 155 Å². The Kier molecular flexibility index (Phi) is 10.9. The maximum absolute atomic E-state index is 11.8. The minimum absolute atomic E-state index is 0.173. The number of alkyl halides is 3. The lowest BCUT2D eigenvalue weighted by atomic mass is 9.75. The minimum Gasteiger partial charge on any atom is -0.465 e. The summed E-state index contributed by atoms with van der Waals surface area (Å²) in [6.45, 7) is 13.7. The SMILES string of the molecule is CC.CCC(c1ccc(OC(C)OCCOC(F)(F)F)cc1)C(C)(C)C. The lowest BCUT2D eigenvalue weighted by molar-refractivity contribution is -0.328. The van der Waals surface area contributed by atoms with Crippen LogP contribution in [0.2, 0.25) is 0 Å². The minimum atomic E-state index is -4.63. The summed E-state index contributed by atoms with van der Waals surface area (Å²) in [6.07, 6.45) is -4.24. The Morgan fingerprint density at radius 1 is 0.962 bits per heavy atom. The highest BCUT2D eigenvalue weighted by atomic mass is 19.4. The van der Waals surface area contributed by atoms with Crippen LogP contribution in [0.3, 0.4) is 0 Å². The summed E-state index contributed by atoms with van der Waals surface area (Å²) >= 11 is 0. The third kappa shape index (κ3) is 10.0. The molecule has 0 radical (unpaired) electrons. The van der Waals surface area contributed by atoms with Crippen LogP contribution in [0, 0.1) is 5.41 Å². The quantitative estimate of drug-likeness (QED) is 0.380. The standard InChI is InChI=1S/C18H27F3O3.C2H6/c1-6-16(17(3,4)5)14-7-9-15(10-8-14)24-13(2)22-11-12-23-18(19,20)21;1-2/h7-10,13,16H,6,11-12H2,1-5H3;1-2H3. The van der Waals surface area contributed by atoms with Crippen LogP contribution in [0.25, 0.3) is 0 Å². The Morgan fingerprint density at radius 3 is 1.92 bits per heavy atom. The van der Waals surface area contributed by atoms with Crippen molar-refractivity contribution in [2.24, 2.45) is 5.41 Å². The summed E-state index contributed by atoms with van der Waals surface area (Å²) in [4.78, 5) is 0. The fourth-order valence-corrected chi connectivity index (χ4v) is 2.72. The third-order valence-corrected chi connectivity index (χ3v) is 3.74. The van der Waals surface area contributed by atoms with Gasteiger partial charge in [-0.25, -0.2) is 0 Å². The molecule has 0 bridgehead atoms. The van der Waals surface area contributed by atoms with E-state index in [0.717, 1.165) is 6.42 Å². The van der Waals surface area contributed by atoms with E-state index in [2.05, 4.69) is 32.4 Å². The van der Waals surface area contributed by atoms with Gasteiger partial charge in [0.15, 0.2) is 6.29 Å². The molecule has 152 valence electrons. The van der Waals surface area contributed by atoms with Gasteiger partial charge in [0.25, 0.3) is 0 Å². The van der Waals surface area contributed by atoms with Crippen LogP contribution >= 0.6 is 0 Å². The monoisotopic (exact) mass is 378 g/mol. The highest BCUT2D eigenvalue weighted by molar-refractivity contribution is 5.30. The smallest absolute Gasteiger partial charge is 0.465 e. The van der Waals surface area contributed by atoms with Crippen molar-refractivity contribution in [3.63, 3.8) is 0 Å². The molecule has 0 N–H and O–H groups in total. The Hall–Kier alpha value is -1.27. The normalized spacial score (nSPS) is 14.2. The van der Waals surface area contributed by atoms with Crippen LogP contribution in [0.4, 0.5) is 13.2 Å². The number of hydrogen-bond acceptors (Lipinski definition) is 3. The van der Waals surface area contributed by atoms with Gasteiger partial charge in [-0.3, -0.25) is 4.74 Å². The molecule has 6 heteroatoms. The second-order valence-electron chi connectivity index (χ2n) is 6.75. The van der Waals surface area contributed by atoms with Crippen molar-refractivity contribution in [1.29, 1.82) is 0 Å². The molecule has 1 aromatic carbocycles. The molecular formula is C20H33F3O3. The number of rotatable bonds is 8. The average molecular weight is 378 g/mol. The molecule has 0 heterocycles. The van der Waals surface area contributed by atoms with Gasteiger partial charge in [0.05, 0.1) is 13.2 Å². The third-order valence-electron chi connectivity index (χ3n) is 3.74. The molecule has 2 unspecified atom stereocenters. The summed E-state index contributed by atoms with van der Waals surface area (Å²) in [7, 11) is 0. The van der Waals surface area contributed by atoms with E-state index in [-0.39, 0.29) is 12.0 Å². The molecule has 0 aliphatic carbocycles. The van der Waals surface area contributed by atoms with Gasteiger partial charge >= 0.3 is 6.36 Å². The van der Waals surface area contributed by atoms with Crippen molar-refractivity contribution in [2.75, 3.05) is 13.2 Å². The molecule has 2 atom stereocenters. The lowest BCUT2D eigenvalue weighted by Crippen LogP contribution is -2.22. The molecule has 1 rings (SSSR count). The fourth-order valence-electron chi connectivity index (χ4n) is 2.72. The first-order chi connectivity index (χ1) is 12.0. The summed E-state index contributed by atoms with van der Waals surface area (Å²) in [5, 5.41) is 0. The second-order valence-corrected chi connectivity index (χ2v) is 6.75. The van der Waals surface area contributed by atoms with Gasteiger partial charge in [-0.15, -0.1) is 13.2 Å². The van der Waals surface area contributed by atoms with E-state index < -0.39 is 19.3 Å². The predicted molar refractivity (Wildman–Crippen MR) is 98.3 cm³/mol. The van der Waals surface area contributed by atoms with Crippen LogP contribution in [0.15, 0.2) is 24.3 Å². The maximum atomic E-state index is 11.8. The zero-order valence-corrected chi connectivity index (χ0v) is 16.9. The molecule has 26 heavy (non-hydrogen) atoms. The number of benzene rings is 1. The molecule has 0 spiro atoms. The summed E-state index contributed by atoms with van der Waals surface area (Å²) in [5.74, 6) is 1.06. The molecule has 3 nitrogen and oxygen atoms in total. The zero-order valence-electron chi connectivity index (χ0n) is 16.9. The molecule has 0 aliphatic rings. The Balaban J connectivity index is 0.00000301. The van der Waals surface area contributed by atoms with Gasteiger partial charge in [-0.05, 0) is 42.4 Å². The first-order valence-corrected chi connectivity index (χ1v) is 9.12. The van der Waals surface area contributed by atoms with Gasteiger partial charge < -0.3 is 9.47 Å². The Morgan fingerprint density at radius 2 is 1.50 bits per heavy atom.